The number of ketones is 1. The van der Waals surface area contributed by atoms with Crippen molar-refractivity contribution in [3.63, 3.8) is 0 Å². The maximum atomic E-state index is 12.7. The van der Waals surface area contributed by atoms with E-state index >= 15 is 0 Å². The quantitative estimate of drug-likeness (QED) is 0.816. The summed E-state index contributed by atoms with van der Waals surface area (Å²) in [7, 11) is 0. The van der Waals surface area contributed by atoms with Gasteiger partial charge in [0, 0.05) is 18.3 Å². The smallest absolute Gasteiger partial charge is 0.187 e. The van der Waals surface area contributed by atoms with Crippen LogP contribution < -0.4 is 10.5 Å². The van der Waals surface area contributed by atoms with Crippen molar-refractivity contribution in [3.8, 4) is 5.75 Å². The van der Waals surface area contributed by atoms with Crippen LogP contribution in [-0.4, -0.2) is 28.4 Å². The molecule has 0 amide bonds. The first-order valence-electron chi connectivity index (χ1n) is 5.79. The van der Waals surface area contributed by atoms with Gasteiger partial charge >= 0.3 is 0 Å². The standard InChI is InChI=1S/C13H14FN3O2/c14-9-1-3-11(4-2-9)19-7-13(18)12(15)5-10-6-16-8-17-10/h1-4,6,8,12H,5,7,15H2,(H,16,17)/t12-/m0/s1. The highest BCUT2D eigenvalue weighted by Crippen LogP contribution is 2.11. The van der Waals surface area contributed by atoms with E-state index < -0.39 is 6.04 Å². The molecular weight excluding hydrogens is 249 g/mol. The van der Waals surface area contributed by atoms with Crippen molar-refractivity contribution in [1.29, 1.82) is 0 Å². The molecule has 0 spiro atoms. The van der Waals surface area contributed by atoms with Crippen LogP contribution in [0.25, 0.3) is 0 Å². The van der Waals surface area contributed by atoms with Crippen LogP contribution in [0.15, 0.2) is 36.8 Å². The third kappa shape index (κ3) is 3.89. The Morgan fingerprint density at radius 1 is 1.42 bits per heavy atom. The highest BCUT2D eigenvalue weighted by molar-refractivity contribution is 5.85. The third-order valence-electron chi connectivity index (χ3n) is 2.60. The molecule has 0 aliphatic rings. The molecule has 2 rings (SSSR count). The second-order valence-electron chi connectivity index (χ2n) is 4.10. The average molecular weight is 263 g/mol. The van der Waals surface area contributed by atoms with Crippen molar-refractivity contribution in [3.05, 3.63) is 48.3 Å². The zero-order valence-electron chi connectivity index (χ0n) is 10.2. The van der Waals surface area contributed by atoms with E-state index in [0.717, 1.165) is 5.69 Å². The molecule has 1 aromatic heterocycles. The highest BCUT2D eigenvalue weighted by Gasteiger charge is 2.15. The predicted molar refractivity (Wildman–Crippen MR) is 67.2 cm³/mol. The number of halogens is 1. The number of carbonyl (C=O) groups is 1. The van der Waals surface area contributed by atoms with E-state index in [2.05, 4.69) is 9.97 Å². The van der Waals surface area contributed by atoms with Crippen LogP contribution in [0.1, 0.15) is 5.69 Å². The van der Waals surface area contributed by atoms with Gasteiger partial charge in [-0.15, -0.1) is 0 Å². The van der Waals surface area contributed by atoms with Gasteiger partial charge < -0.3 is 15.5 Å². The predicted octanol–water partition coefficient (Wildman–Crippen LogP) is 1.07. The molecular formula is C13H14FN3O2. The minimum atomic E-state index is -0.652. The normalized spacial score (nSPS) is 12.1. The van der Waals surface area contributed by atoms with Gasteiger partial charge in [0.1, 0.15) is 18.2 Å². The molecule has 1 atom stereocenters. The lowest BCUT2D eigenvalue weighted by molar-refractivity contribution is -0.122. The zero-order chi connectivity index (χ0) is 13.7. The van der Waals surface area contributed by atoms with Gasteiger partial charge in [-0.25, -0.2) is 9.37 Å². The van der Waals surface area contributed by atoms with E-state index in [1.54, 1.807) is 6.20 Å². The third-order valence-corrected chi connectivity index (χ3v) is 2.60. The number of aromatic nitrogens is 2. The van der Waals surface area contributed by atoms with E-state index in [1.165, 1.54) is 30.6 Å². The molecule has 0 saturated carbocycles. The summed E-state index contributed by atoms with van der Waals surface area (Å²) in [5.74, 6) is -0.142. The summed E-state index contributed by atoms with van der Waals surface area (Å²) < 4.78 is 17.9. The molecule has 19 heavy (non-hydrogen) atoms. The number of rotatable bonds is 6. The zero-order valence-corrected chi connectivity index (χ0v) is 10.2. The minimum absolute atomic E-state index is 0.138. The van der Waals surface area contributed by atoms with Crippen LogP contribution in [0, 0.1) is 5.82 Å². The Bertz CT molecular complexity index is 525. The SMILES string of the molecule is N[C@@H](Cc1cnc[nH]1)C(=O)COc1ccc(F)cc1. The summed E-state index contributed by atoms with van der Waals surface area (Å²) >= 11 is 0. The van der Waals surface area contributed by atoms with Gasteiger partial charge in [-0.05, 0) is 24.3 Å². The van der Waals surface area contributed by atoms with Crippen LogP contribution in [0.2, 0.25) is 0 Å². The first-order chi connectivity index (χ1) is 9.15. The monoisotopic (exact) mass is 263 g/mol. The number of ether oxygens (including phenoxy) is 1. The Morgan fingerprint density at radius 2 is 2.16 bits per heavy atom. The lowest BCUT2D eigenvalue weighted by Gasteiger charge is -2.10. The van der Waals surface area contributed by atoms with E-state index in [1.807, 2.05) is 0 Å². The van der Waals surface area contributed by atoms with E-state index in [4.69, 9.17) is 10.5 Å². The molecule has 3 N–H and O–H groups in total. The number of H-pyrrole nitrogens is 1. The van der Waals surface area contributed by atoms with Crippen LogP contribution in [-0.2, 0) is 11.2 Å². The molecule has 5 nitrogen and oxygen atoms in total. The molecule has 100 valence electrons. The van der Waals surface area contributed by atoms with Crippen LogP contribution in [0.5, 0.6) is 5.75 Å². The fourth-order valence-corrected chi connectivity index (χ4v) is 1.54. The Morgan fingerprint density at radius 3 is 2.79 bits per heavy atom. The van der Waals surface area contributed by atoms with Crippen molar-refractivity contribution in [2.24, 2.45) is 5.73 Å². The average Bonchev–Trinajstić information content (AvgIpc) is 2.90. The molecule has 0 bridgehead atoms. The van der Waals surface area contributed by atoms with E-state index in [0.29, 0.717) is 12.2 Å². The number of nitrogens with two attached hydrogens (primary N) is 1. The fourth-order valence-electron chi connectivity index (χ4n) is 1.54. The summed E-state index contributed by atoms with van der Waals surface area (Å²) in [6.07, 6.45) is 3.53. The molecule has 1 heterocycles. The summed E-state index contributed by atoms with van der Waals surface area (Å²) in [5, 5.41) is 0. The van der Waals surface area contributed by atoms with Crippen molar-refractivity contribution in [2.75, 3.05) is 6.61 Å². The lowest BCUT2D eigenvalue weighted by atomic mass is 10.1. The number of benzene rings is 1. The van der Waals surface area contributed by atoms with Crippen molar-refractivity contribution in [1.82, 2.24) is 9.97 Å². The van der Waals surface area contributed by atoms with Gasteiger partial charge in [-0.2, -0.15) is 0 Å². The lowest BCUT2D eigenvalue weighted by Crippen LogP contribution is -2.36. The maximum absolute atomic E-state index is 12.7. The Hall–Kier alpha value is -2.21. The highest BCUT2D eigenvalue weighted by atomic mass is 19.1. The van der Waals surface area contributed by atoms with Crippen molar-refractivity contribution in [2.45, 2.75) is 12.5 Å². The second kappa shape index (κ2) is 6.10. The summed E-state index contributed by atoms with van der Waals surface area (Å²) in [6, 6.07) is 4.81. The Balaban J connectivity index is 1.82. The van der Waals surface area contributed by atoms with Crippen LogP contribution >= 0.6 is 0 Å². The number of aromatic amines is 1. The summed E-state index contributed by atoms with van der Waals surface area (Å²) in [6.45, 7) is -0.138. The second-order valence-corrected chi connectivity index (χ2v) is 4.10. The van der Waals surface area contributed by atoms with Gasteiger partial charge in [0.05, 0.1) is 12.4 Å². The van der Waals surface area contributed by atoms with Gasteiger partial charge in [-0.1, -0.05) is 0 Å². The topological polar surface area (TPSA) is 81.0 Å². The number of imidazole rings is 1. The van der Waals surface area contributed by atoms with Crippen molar-refractivity contribution < 1.29 is 13.9 Å². The van der Waals surface area contributed by atoms with Crippen molar-refractivity contribution >= 4 is 5.78 Å². The van der Waals surface area contributed by atoms with Crippen LogP contribution in [0.3, 0.4) is 0 Å². The largest absolute Gasteiger partial charge is 0.486 e. The summed E-state index contributed by atoms with van der Waals surface area (Å²) in [4.78, 5) is 18.5. The molecule has 0 unspecified atom stereocenters. The maximum Gasteiger partial charge on any atom is 0.187 e. The molecule has 0 fully saturated rings. The molecule has 2 aromatic rings. The number of Topliss-reactive ketones (excluding diaryl/α,β-unsaturated/α-hetero) is 1. The van der Waals surface area contributed by atoms with Crippen LogP contribution in [0.4, 0.5) is 4.39 Å². The van der Waals surface area contributed by atoms with Gasteiger partial charge in [0.15, 0.2) is 5.78 Å². The Kier molecular flexibility index (Phi) is 4.25. The minimum Gasteiger partial charge on any atom is -0.486 e. The number of carbonyl (C=O) groups excluding carboxylic acids is 1. The van der Waals surface area contributed by atoms with Gasteiger partial charge in [0.25, 0.3) is 0 Å². The molecule has 0 aliphatic heterocycles. The number of nitrogens with zero attached hydrogens (tertiary/aromatic N) is 1. The first-order valence-corrected chi connectivity index (χ1v) is 5.79. The number of nitrogens with one attached hydrogen (secondary N) is 1. The van der Waals surface area contributed by atoms with E-state index in [-0.39, 0.29) is 18.2 Å². The first kappa shape index (κ1) is 13.2. The number of hydrogen-bond acceptors (Lipinski definition) is 4. The summed E-state index contributed by atoms with van der Waals surface area (Å²) in [5.41, 5.74) is 6.55. The molecule has 0 radical (unpaired) electrons. The molecule has 0 saturated heterocycles. The molecule has 1 aromatic carbocycles. The molecule has 6 heteroatoms. The number of hydrogen-bond donors (Lipinski definition) is 2. The van der Waals surface area contributed by atoms with E-state index in [9.17, 15) is 9.18 Å². The van der Waals surface area contributed by atoms with Gasteiger partial charge in [0.2, 0.25) is 0 Å². The van der Waals surface area contributed by atoms with Gasteiger partial charge in [-0.3, -0.25) is 4.79 Å². The Labute approximate surface area is 109 Å². The molecule has 0 aliphatic carbocycles. The fraction of sp³-hybridized carbons (Fsp3) is 0.231.